The van der Waals surface area contributed by atoms with Crippen LogP contribution in [0.1, 0.15) is 22.5 Å². The predicted octanol–water partition coefficient (Wildman–Crippen LogP) is 4.48. The average Bonchev–Trinajstić information content (AvgIpc) is 3.22. The number of amides is 2. The van der Waals surface area contributed by atoms with E-state index in [0.29, 0.717) is 23.7 Å². The summed E-state index contributed by atoms with van der Waals surface area (Å²) in [5, 5.41) is 2.73. The molecule has 0 unspecified atom stereocenters. The number of para-hydroxylation sites is 1. The van der Waals surface area contributed by atoms with E-state index < -0.39 is 6.09 Å². The fraction of sp³-hybridized carbons (Fsp3) is 0.143. The number of benzene rings is 2. The van der Waals surface area contributed by atoms with E-state index in [0.717, 1.165) is 24.1 Å². The Hall–Kier alpha value is -3.54. The van der Waals surface area contributed by atoms with Crippen LogP contribution in [0, 0.1) is 0 Å². The van der Waals surface area contributed by atoms with E-state index in [1.165, 1.54) is 6.26 Å². The second kappa shape index (κ2) is 7.37. The Morgan fingerprint density at radius 3 is 2.67 bits per heavy atom. The van der Waals surface area contributed by atoms with Crippen LogP contribution >= 0.6 is 0 Å². The molecule has 0 spiro atoms. The van der Waals surface area contributed by atoms with Crippen molar-refractivity contribution in [1.29, 1.82) is 0 Å². The van der Waals surface area contributed by atoms with E-state index in [1.807, 2.05) is 18.2 Å². The Bertz CT molecular complexity index is 952. The molecule has 4 rings (SSSR count). The van der Waals surface area contributed by atoms with Crippen molar-refractivity contribution in [2.24, 2.45) is 0 Å². The maximum absolute atomic E-state index is 12.6. The Kier molecular flexibility index (Phi) is 4.61. The zero-order valence-corrected chi connectivity index (χ0v) is 14.6. The first-order valence-electron chi connectivity index (χ1n) is 8.73. The van der Waals surface area contributed by atoms with Gasteiger partial charge in [0.15, 0.2) is 5.76 Å². The van der Waals surface area contributed by atoms with Gasteiger partial charge in [0.1, 0.15) is 5.75 Å². The standard InChI is InChI=1S/C21H18N2O4/c24-20(19-9-5-13-26-19)23-12-4-6-15-14-16(10-11-18(15)23)22-21(25)27-17-7-2-1-3-8-17/h1-3,5,7-11,13-14H,4,6,12H2,(H,22,25). The Morgan fingerprint density at radius 1 is 1.04 bits per heavy atom. The second-order valence-electron chi connectivity index (χ2n) is 6.21. The van der Waals surface area contributed by atoms with E-state index in [1.54, 1.807) is 47.4 Å². The molecular weight excluding hydrogens is 344 g/mol. The molecule has 6 nitrogen and oxygen atoms in total. The summed E-state index contributed by atoms with van der Waals surface area (Å²) in [7, 11) is 0. The summed E-state index contributed by atoms with van der Waals surface area (Å²) < 4.78 is 10.5. The van der Waals surface area contributed by atoms with Gasteiger partial charge in [0.25, 0.3) is 5.91 Å². The number of hydrogen-bond acceptors (Lipinski definition) is 4. The minimum absolute atomic E-state index is 0.162. The van der Waals surface area contributed by atoms with Gasteiger partial charge in [0.2, 0.25) is 0 Å². The molecule has 0 aliphatic carbocycles. The fourth-order valence-electron chi connectivity index (χ4n) is 3.16. The smallest absolute Gasteiger partial charge is 0.417 e. The molecular formula is C21H18N2O4. The third kappa shape index (κ3) is 3.69. The largest absolute Gasteiger partial charge is 0.459 e. The molecule has 0 fully saturated rings. The molecule has 1 aliphatic heterocycles. The molecule has 1 aromatic heterocycles. The number of anilines is 2. The zero-order valence-electron chi connectivity index (χ0n) is 14.6. The molecule has 0 saturated heterocycles. The first-order valence-corrected chi connectivity index (χ1v) is 8.73. The Balaban J connectivity index is 1.50. The van der Waals surface area contributed by atoms with Crippen molar-refractivity contribution >= 4 is 23.4 Å². The van der Waals surface area contributed by atoms with Crippen molar-refractivity contribution in [3.8, 4) is 5.75 Å². The fourth-order valence-corrected chi connectivity index (χ4v) is 3.16. The molecule has 1 aliphatic rings. The average molecular weight is 362 g/mol. The maximum Gasteiger partial charge on any atom is 0.417 e. The highest BCUT2D eigenvalue weighted by atomic mass is 16.6. The minimum Gasteiger partial charge on any atom is -0.459 e. The quantitative estimate of drug-likeness (QED) is 0.745. The lowest BCUT2D eigenvalue weighted by atomic mass is 10.0. The van der Waals surface area contributed by atoms with Gasteiger partial charge in [-0.05, 0) is 60.9 Å². The van der Waals surface area contributed by atoms with Crippen LogP contribution in [0.3, 0.4) is 0 Å². The van der Waals surface area contributed by atoms with Crippen molar-refractivity contribution < 1.29 is 18.7 Å². The van der Waals surface area contributed by atoms with Gasteiger partial charge in [0, 0.05) is 17.9 Å². The van der Waals surface area contributed by atoms with Gasteiger partial charge in [-0.3, -0.25) is 10.1 Å². The van der Waals surface area contributed by atoms with Gasteiger partial charge in [-0.1, -0.05) is 18.2 Å². The summed E-state index contributed by atoms with van der Waals surface area (Å²) in [6.45, 7) is 0.634. The van der Waals surface area contributed by atoms with Crippen LogP contribution in [0.5, 0.6) is 5.75 Å². The van der Waals surface area contributed by atoms with Crippen molar-refractivity contribution in [1.82, 2.24) is 0 Å². The predicted molar refractivity (Wildman–Crippen MR) is 101 cm³/mol. The molecule has 1 N–H and O–H groups in total. The second-order valence-corrected chi connectivity index (χ2v) is 6.21. The van der Waals surface area contributed by atoms with Crippen LogP contribution in [0.25, 0.3) is 0 Å². The van der Waals surface area contributed by atoms with E-state index in [9.17, 15) is 9.59 Å². The molecule has 0 radical (unpaired) electrons. The molecule has 27 heavy (non-hydrogen) atoms. The van der Waals surface area contributed by atoms with Gasteiger partial charge in [-0.15, -0.1) is 0 Å². The summed E-state index contributed by atoms with van der Waals surface area (Å²) in [6.07, 6.45) is 2.61. The molecule has 136 valence electrons. The number of nitrogens with one attached hydrogen (secondary N) is 1. The first kappa shape index (κ1) is 16.9. The van der Waals surface area contributed by atoms with E-state index in [-0.39, 0.29) is 5.91 Å². The number of carbonyl (C=O) groups excluding carboxylic acids is 2. The number of furan rings is 1. The van der Waals surface area contributed by atoms with Crippen LogP contribution in [-0.4, -0.2) is 18.5 Å². The normalized spacial score (nSPS) is 13.0. The summed E-state index contributed by atoms with van der Waals surface area (Å²) in [5.74, 6) is 0.629. The van der Waals surface area contributed by atoms with Gasteiger partial charge in [0.05, 0.1) is 6.26 Å². The van der Waals surface area contributed by atoms with Gasteiger partial charge in [-0.25, -0.2) is 4.79 Å². The number of aryl methyl sites for hydroxylation is 1. The highest BCUT2D eigenvalue weighted by Gasteiger charge is 2.25. The lowest BCUT2D eigenvalue weighted by Gasteiger charge is -2.29. The molecule has 2 aromatic carbocycles. The maximum atomic E-state index is 12.6. The van der Waals surface area contributed by atoms with E-state index in [2.05, 4.69) is 5.32 Å². The number of nitrogens with zero attached hydrogens (tertiary/aromatic N) is 1. The van der Waals surface area contributed by atoms with Crippen molar-refractivity contribution in [3.63, 3.8) is 0 Å². The van der Waals surface area contributed by atoms with Crippen LogP contribution < -0.4 is 15.0 Å². The molecule has 0 bridgehead atoms. The lowest BCUT2D eigenvalue weighted by molar-refractivity contribution is 0.0958. The third-order valence-electron chi connectivity index (χ3n) is 4.38. The van der Waals surface area contributed by atoms with Crippen LogP contribution in [0.4, 0.5) is 16.2 Å². The van der Waals surface area contributed by atoms with Crippen LogP contribution in [-0.2, 0) is 6.42 Å². The van der Waals surface area contributed by atoms with Crippen LogP contribution in [0.15, 0.2) is 71.3 Å². The molecule has 0 saturated carbocycles. The van der Waals surface area contributed by atoms with E-state index >= 15 is 0 Å². The number of ether oxygens (including phenoxy) is 1. The lowest BCUT2D eigenvalue weighted by Crippen LogP contribution is -2.35. The highest BCUT2D eigenvalue weighted by molar-refractivity contribution is 6.05. The van der Waals surface area contributed by atoms with Crippen molar-refractivity contribution in [2.45, 2.75) is 12.8 Å². The van der Waals surface area contributed by atoms with Gasteiger partial charge < -0.3 is 14.1 Å². The summed E-state index contributed by atoms with van der Waals surface area (Å²) >= 11 is 0. The zero-order chi connectivity index (χ0) is 18.6. The molecule has 2 heterocycles. The molecule has 6 heteroatoms. The molecule has 0 atom stereocenters. The van der Waals surface area contributed by atoms with Crippen LogP contribution in [0.2, 0.25) is 0 Å². The van der Waals surface area contributed by atoms with Crippen molar-refractivity contribution in [3.05, 3.63) is 78.3 Å². The Morgan fingerprint density at radius 2 is 1.89 bits per heavy atom. The van der Waals surface area contributed by atoms with Crippen molar-refractivity contribution in [2.75, 3.05) is 16.8 Å². The molecule has 3 aromatic rings. The number of carbonyl (C=O) groups is 2. The highest BCUT2D eigenvalue weighted by Crippen LogP contribution is 2.31. The SMILES string of the molecule is O=C(Nc1ccc2c(c1)CCCN2C(=O)c1ccco1)Oc1ccccc1. The van der Waals surface area contributed by atoms with Gasteiger partial charge in [-0.2, -0.15) is 0 Å². The minimum atomic E-state index is -0.555. The Labute approximate surface area is 156 Å². The van der Waals surface area contributed by atoms with Gasteiger partial charge >= 0.3 is 6.09 Å². The summed E-state index contributed by atoms with van der Waals surface area (Å²) in [6, 6.07) is 17.7. The monoisotopic (exact) mass is 362 g/mol. The van der Waals surface area contributed by atoms with E-state index in [4.69, 9.17) is 9.15 Å². The number of rotatable bonds is 3. The third-order valence-corrected chi connectivity index (χ3v) is 4.38. The summed E-state index contributed by atoms with van der Waals surface area (Å²) in [4.78, 5) is 26.4. The molecule has 2 amide bonds. The topological polar surface area (TPSA) is 71.8 Å². The first-order chi connectivity index (χ1) is 13.2. The summed E-state index contributed by atoms with van der Waals surface area (Å²) in [5.41, 5.74) is 2.46. The number of hydrogen-bond donors (Lipinski definition) is 1. The number of fused-ring (bicyclic) bond motifs is 1.